The highest BCUT2D eigenvalue weighted by atomic mass is 16.5. The molecule has 144 valence electrons. The Balaban J connectivity index is 1.54. The number of benzene rings is 1. The first-order chi connectivity index (χ1) is 13.6. The van der Waals surface area contributed by atoms with Crippen molar-refractivity contribution in [2.45, 2.75) is 32.7 Å². The summed E-state index contributed by atoms with van der Waals surface area (Å²) in [6, 6.07) is 6.00. The van der Waals surface area contributed by atoms with Gasteiger partial charge in [-0.1, -0.05) is 23.4 Å². The molecule has 5 rings (SSSR count). The van der Waals surface area contributed by atoms with Gasteiger partial charge in [0.25, 0.3) is 5.89 Å². The van der Waals surface area contributed by atoms with E-state index in [-0.39, 0.29) is 24.5 Å². The van der Waals surface area contributed by atoms with E-state index < -0.39 is 0 Å². The third-order valence-electron chi connectivity index (χ3n) is 5.64. The maximum Gasteiger partial charge on any atom is 0.295 e. The van der Waals surface area contributed by atoms with Crippen molar-refractivity contribution in [2.24, 2.45) is 5.92 Å². The average Bonchev–Trinajstić information content (AvgIpc) is 3.40. The van der Waals surface area contributed by atoms with E-state index in [1.54, 1.807) is 11.8 Å². The molecule has 0 saturated carbocycles. The number of likely N-dealkylation sites (tertiary alicyclic amines) is 1. The molecule has 1 N–H and O–H groups in total. The Bertz CT molecular complexity index is 1070. The number of carbonyl (C=O) groups excluding carboxylic acids is 1. The van der Waals surface area contributed by atoms with E-state index in [1.165, 1.54) is 0 Å². The molecular weight excluding hydrogens is 360 g/mol. The molecule has 1 aliphatic carbocycles. The fourth-order valence-corrected chi connectivity index (χ4v) is 4.58. The molecular formula is C20H20N4O4. The first-order valence-electron chi connectivity index (χ1n) is 9.37. The van der Waals surface area contributed by atoms with Crippen LogP contribution in [0, 0.1) is 19.8 Å². The summed E-state index contributed by atoms with van der Waals surface area (Å²) in [5.74, 6) is 2.18. The number of aliphatic hydroxyl groups is 1. The molecule has 1 aromatic carbocycles. The Morgan fingerprint density at radius 1 is 1.25 bits per heavy atom. The number of nitrogens with zero attached hydrogens (tertiary/aromatic N) is 4. The van der Waals surface area contributed by atoms with Gasteiger partial charge in [0.15, 0.2) is 5.89 Å². The number of aliphatic hydroxyl groups excluding tert-OH is 1. The van der Waals surface area contributed by atoms with Crippen LogP contribution in [0.5, 0.6) is 0 Å². The first-order valence-corrected chi connectivity index (χ1v) is 9.37. The van der Waals surface area contributed by atoms with Crippen molar-refractivity contribution in [3.05, 3.63) is 40.9 Å². The maximum atomic E-state index is 12.3. The van der Waals surface area contributed by atoms with Crippen LogP contribution in [0.1, 0.15) is 35.2 Å². The molecule has 28 heavy (non-hydrogen) atoms. The van der Waals surface area contributed by atoms with Crippen molar-refractivity contribution in [3.8, 4) is 23.0 Å². The summed E-state index contributed by atoms with van der Waals surface area (Å²) in [5, 5.41) is 13.5. The van der Waals surface area contributed by atoms with Gasteiger partial charge < -0.3 is 18.9 Å². The minimum absolute atomic E-state index is 0.0140. The fourth-order valence-electron chi connectivity index (χ4n) is 4.58. The highest BCUT2D eigenvalue weighted by molar-refractivity contribution is 5.81. The van der Waals surface area contributed by atoms with Crippen LogP contribution >= 0.6 is 0 Å². The Hall–Kier alpha value is -3.00. The third-order valence-corrected chi connectivity index (χ3v) is 5.64. The molecule has 2 unspecified atom stereocenters. The number of aryl methyl sites for hydroxylation is 2. The Morgan fingerprint density at radius 2 is 2.11 bits per heavy atom. The molecule has 2 atom stereocenters. The summed E-state index contributed by atoms with van der Waals surface area (Å²) in [5.41, 5.74) is 3.87. The summed E-state index contributed by atoms with van der Waals surface area (Å²) in [7, 11) is 0. The van der Waals surface area contributed by atoms with E-state index in [0.717, 1.165) is 23.1 Å². The molecule has 1 saturated heterocycles. The smallest absolute Gasteiger partial charge is 0.295 e. The zero-order valence-electron chi connectivity index (χ0n) is 15.7. The molecule has 3 heterocycles. The molecule has 0 bridgehead atoms. The highest BCUT2D eigenvalue weighted by Gasteiger charge is 2.46. The first kappa shape index (κ1) is 17.1. The van der Waals surface area contributed by atoms with Gasteiger partial charge in [0.05, 0.1) is 18.3 Å². The van der Waals surface area contributed by atoms with E-state index >= 15 is 0 Å². The SMILES string of the molecule is Cc1nc(C)c(-c2nc(-c3cccc4c3CC3CC(=O)N(CCO)C43)no2)o1. The van der Waals surface area contributed by atoms with E-state index in [9.17, 15) is 9.90 Å². The number of fused-ring (bicyclic) bond motifs is 3. The van der Waals surface area contributed by atoms with Crippen LogP contribution in [0.3, 0.4) is 0 Å². The molecule has 3 aromatic rings. The predicted octanol–water partition coefficient (Wildman–Crippen LogP) is 2.45. The van der Waals surface area contributed by atoms with Gasteiger partial charge >= 0.3 is 0 Å². The quantitative estimate of drug-likeness (QED) is 0.741. The van der Waals surface area contributed by atoms with Crippen LogP contribution in [-0.4, -0.2) is 44.2 Å². The second-order valence-corrected chi connectivity index (χ2v) is 7.37. The lowest BCUT2D eigenvalue weighted by Gasteiger charge is -2.24. The average molecular weight is 380 g/mol. The molecule has 1 fully saturated rings. The lowest BCUT2D eigenvalue weighted by Crippen LogP contribution is -2.30. The number of rotatable bonds is 4. The van der Waals surface area contributed by atoms with Gasteiger partial charge in [-0.05, 0) is 30.4 Å². The van der Waals surface area contributed by atoms with E-state index in [4.69, 9.17) is 8.94 Å². The van der Waals surface area contributed by atoms with Gasteiger partial charge in [-0.15, -0.1) is 0 Å². The number of aromatic nitrogens is 3. The number of carbonyl (C=O) groups is 1. The Kier molecular flexibility index (Phi) is 3.83. The lowest BCUT2D eigenvalue weighted by atomic mass is 10.0. The van der Waals surface area contributed by atoms with Crippen LogP contribution in [0.15, 0.2) is 27.1 Å². The second-order valence-electron chi connectivity index (χ2n) is 7.37. The molecule has 0 spiro atoms. The molecule has 2 aliphatic rings. The zero-order chi connectivity index (χ0) is 19.4. The van der Waals surface area contributed by atoms with Crippen molar-refractivity contribution in [2.75, 3.05) is 13.2 Å². The van der Waals surface area contributed by atoms with Crippen molar-refractivity contribution in [3.63, 3.8) is 0 Å². The number of oxazole rings is 1. The number of hydrogen-bond acceptors (Lipinski definition) is 7. The zero-order valence-corrected chi connectivity index (χ0v) is 15.7. The van der Waals surface area contributed by atoms with Crippen LogP contribution in [0.25, 0.3) is 23.0 Å². The normalized spacial score (nSPS) is 20.7. The van der Waals surface area contributed by atoms with E-state index in [2.05, 4.69) is 21.2 Å². The van der Waals surface area contributed by atoms with Crippen molar-refractivity contribution in [1.29, 1.82) is 0 Å². The number of β-amino-alcohol motifs (C(OH)–C–C–N with tert-alkyl or cyclic N) is 1. The van der Waals surface area contributed by atoms with Gasteiger partial charge in [0.1, 0.15) is 0 Å². The number of hydrogen-bond donors (Lipinski definition) is 1. The third kappa shape index (κ3) is 2.48. The molecule has 0 radical (unpaired) electrons. The minimum atomic E-state index is -0.0336. The van der Waals surface area contributed by atoms with Gasteiger partial charge in [-0.2, -0.15) is 4.98 Å². The summed E-state index contributed by atoms with van der Waals surface area (Å²) in [6.45, 7) is 3.94. The molecule has 8 nitrogen and oxygen atoms in total. The summed E-state index contributed by atoms with van der Waals surface area (Å²) < 4.78 is 11.0. The Morgan fingerprint density at radius 3 is 2.86 bits per heavy atom. The van der Waals surface area contributed by atoms with Crippen molar-refractivity contribution in [1.82, 2.24) is 20.0 Å². The summed E-state index contributed by atoms with van der Waals surface area (Å²) in [6.07, 6.45) is 1.29. The van der Waals surface area contributed by atoms with E-state index in [0.29, 0.717) is 42.0 Å². The van der Waals surface area contributed by atoms with Gasteiger partial charge in [-0.25, -0.2) is 4.98 Å². The van der Waals surface area contributed by atoms with Crippen molar-refractivity contribution >= 4 is 5.91 Å². The standard InChI is InChI=1S/C20H20N4O4/c1-10-18(27-11(2)21-10)20-22-19(23-28-20)14-5-3-4-13-15(14)8-12-9-16(26)24(6-7-25)17(12)13/h3-5,12,17,25H,6-9H2,1-2H3. The lowest BCUT2D eigenvalue weighted by molar-refractivity contribution is -0.129. The molecule has 1 aliphatic heterocycles. The number of amides is 1. The minimum Gasteiger partial charge on any atom is -0.436 e. The second kappa shape index (κ2) is 6.27. The molecule has 8 heteroatoms. The van der Waals surface area contributed by atoms with Crippen LogP contribution in [0.4, 0.5) is 0 Å². The maximum absolute atomic E-state index is 12.3. The molecule has 1 amide bonds. The summed E-state index contributed by atoms with van der Waals surface area (Å²) >= 11 is 0. The topological polar surface area (TPSA) is 105 Å². The van der Waals surface area contributed by atoms with Gasteiger partial charge in [0.2, 0.25) is 17.5 Å². The largest absolute Gasteiger partial charge is 0.436 e. The van der Waals surface area contributed by atoms with Crippen LogP contribution < -0.4 is 0 Å². The predicted molar refractivity (Wildman–Crippen MR) is 98.1 cm³/mol. The fraction of sp³-hybridized carbons (Fsp3) is 0.400. The Labute approximate surface area is 161 Å². The monoisotopic (exact) mass is 380 g/mol. The van der Waals surface area contributed by atoms with E-state index in [1.807, 2.05) is 19.1 Å². The summed E-state index contributed by atoms with van der Waals surface area (Å²) in [4.78, 5) is 22.9. The van der Waals surface area contributed by atoms with Crippen molar-refractivity contribution < 1.29 is 18.8 Å². The van der Waals surface area contributed by atoms with Crippen LogP contribution in [-0.2, 0) is 11.2 Å². The van der Waals surface area contributed by atoms with Crippen LogP contribution in [0.2, 0.25) is 0 Å². The highest BCUT2D eigenvalue weighted by Crippen LogP contribution is 2.49. The van der Waals surface area contributed by atoms with Gasteiger partial charge in [0, 0.05) is 25.5 Å². The molecule has 2 aromatic heterocycles. The van der Waals surface area contributed by atoms with Gasteiger partial charge in [-0.3, -0.25) is 4.79 Å².